The van der Waals surface area contributed by atoms with Crippen LogP contribution >= 0.6 is 0 Å². The summed E-state index contributed by atoms with van der Waals surface area (Å²) in [5, 5.41) is 0.952. The molecule has 3 aromatic rings. The van der Waals surface area contributed by atoms with E-state index in [1.165, 1.54) is 0 Å². The molecule has 0 spiro atoms. The molecule has 1 aromatic carbocycles. The van der Waals surface area contributed by atoms with Gasteiger partial charge in [0.2, 0.25) is 0 Å². The first-order valence-corrected chi connectivity index (χ1v) is 8.42. The van der Waals surface area contributed by atoms with Crippen molar-refractivity contribution in [1.82, 2.24) is 14.5 Å². The molecule has 6 heteroatoms. The maximum absolute atomic E-state index is 12.9. The van der Waals surface area contributed by atoms with Crippen LogP contribution in [0.2, 0.25) is 0 Å². The Morgan fingerprint density at radius 1 is 1.28 bits per heavy atom. The second-order valence-electron chi connectivity index (χ2n) is 6.57. The summed E-state index contributed by atoms with van der Waals surface area (Å²) in [6, 6.07) is 7.52. The van der Waals surface area contributed by atoms with Gasteiger partial charge in [0.15, 0.2) is 0 Å². The Balaban J connectivity index is 1.57. The molecule has 1 atom stereocenters. The van der Waals surface area contributed by atoms with Crippen molar-refractivity contribution in [2.75, 3.05) is 19.7 Å². The zero-order valence-corrected chi connectivity index (χ0v) is 14.7. The predicted octanol–water partition coefficient (Wildman–Crippen LogP) is 3.00. The molecular formula is C19H21N3O3. The number of ether oxygens (including phenoxy) is 1. The Morgan fingerprint density at radius 3 is 2.88 bits per heavy atom. The Morgan fingerprint density at radius 2 is 2.12 bits per heavy atom. The largest absolute Gasteiger partial charge is 0.461 e. The van der Waals surface area contributed by atoms with E-state index in [9.17, 15) is 4.79 Å². The van der Waals surface area contributed by atoms with Crippen molar-refractivity contribution >= 4 is 16.9 Å². The van der Waals surface area contributed by atoms with Gasteiger partial charge in [-0.25, -0.2) is 4.98 Å². The number of hydrogen-bond donors (Lipinski definition) is 0. The molecule has 0 N–H and O–H groups in total. The molecule has 1 amide bonds. The predicted molar refractivity (Wildman–Crippen MR) is 93.5 cm³/mol. The first kappa shape index (κ1) is 15.9. The quantitative estimate of drug-likeness (QED) is 0.720. The third-order valence-electron chi connectivity index (χ3n) is 4.56. The molecule has 4 rings (SSSR count). The van der Waals surface area contributed by atoms with Gasteiger partial charge in [0, 0.05) is 30.7 Å². The number of carbonyl (C=O) groups excluding carboxylic acids is 1. The third kappa shape index (κ3) is 2.93. The highest BCUT2D eigenvalue weighted by Gasteiger charge is 2.28. The Kier molecular flexibility index (Phi) is 3.84. The fraction of sp³-hybridized carbons (Fsp3) is 0.368. The fourth-order valence-corrected chi connectivity index (χ4v) is 3.42. The monoisotopic (exact) mass is 339 g/mol. The first-order valence-electron chi connectivity index (χ1n) is 8.42. The van der Waals surface area contributed by atoms with Gasteiger partial charge >= 0.3 is 0 Å². The normalized spacial score (nSPS) is 18.0. The number of rotatable bonds is 2. The molecular weight excluding hydrogens is 318 g/mol. The second-order valence-corrected chi connectivity index (χ2v) is 6.57. The average molecular weight is 339 g/mol. The molecule has 0 radical (unpaired) electrons. The van der Waals surface area contributed by atoms with E-state index in [0.717, 1.165) is 28.2 Å². The van der Waals surface area contributed by atoms with Gasteiger partial charge in [-0.05, 0) is 38.1 Å². The highest BCUT2D eigenvalue weighted by atomic mass is 16.5. The van der Waals surface area contributed by atoms with Crippen molar-refractivity contribution in [3.63, 3.8) is 0 Å². The molecule has 0 saturated carbocycles. The van der Waals surface area contributed by atoms with Gasteiger partial charge in [0.1, 0.15) is 23.3 Å². The summed E-state index contributed by atoms with van der Waals surface area (Å²) in [4.78, 5) is 19.3. The van der Waals surface area contributed by atoms with Gasteiger partial charge < -0.3 is 18.6 Å². The van der Waals surface area contributed by atoms with Crippen LogP contribution in [0.5, 0.6) is 0 Å². The van der Waals surface area contributed by atoms with Crippen LogP contribution in [0.1, 0.15) is 33.7 Å². The van der Waals surface area contributed by atoms with Crippen LogP contribution in [0.25, 0.3) is 11.0 Å². The molecule has 3 heterocycles. The molecule has 2 aromatic heterocycles. The Bertz CT molecular complexity index is 941. The Hall–Kier alpha value is -2.60. The number of aryl methyl sites for hydroxylation is 3. The van der Waals surface area contributed by atoms with Crippen molar-refractivity contribution in [3.05, 3.63) is 53.3 Å². The summed E-state index contributed by atoms with van der Waals surface area (Å²) in [6.45, 7) is 5.46. The highest BCUT2D eigenvalue weighted by molar-refractivity contribution is 5.97. The van der Waals surface area contributed by atoms with Crippen molar-refractivity contribution in [3.8, 4) is 0 Å². The fourth-order valence-electron chi connectivity index (χ4n) is 3.42. The van der Waals surface area contributed by atoms with Crippen LogP contribution in [0.15, 0.2) is 34.9 Å². The standard InChI is InChI=1S/C19H21N3O3/c1-12-10-21(3)18(20-12)17-11-22(6-7-24-17)19(23)14-4-5-16-15(9-14)8-13(2)25-16/h4-5,8-10,17H,6-7,11H2,1-3H3/t17-/m1/s1. The SMILES string of the molecule is Cc1cn(C)c([C@H]2CN(C(=O)c3ccc4oc(C)cc4c3)CCO2)n1. The summed E-state index contributed by atoms with van der Waals surface area (Å²) >= 11 is 0. The number of carbonyl (C=O) groups is 1. The van der Waals surface area contributed by atoms with Gasteiger partial charge in [-0.2, -0.15) is 0 Å². The van der Waals surface area contributed by atoms with Crippen LogP contribution < -0.4 is 0 Å². The summed E-state index contributed by atoms with van der Waals surface area (Å²) in [5.74, 6) is 1.71. The van der Waals surface area contributed by atoms with Gasteiger partial charge in [-0.3, -0.25) is 4.79 Å². The third-order valence-corrected chi connectivity index (χ3v) is 4.56. The van der Waals surface area contributed by atoms with E-state index in [-0.39, 0.29) is 12.0 Å². The summed E-state index contributed by atoms with van der Waals surface area (Å²) in [6.07, 6.45) is 1.77. The molecule has 0 aliphatic carbocycles. The summed E-state index contributed by atoms with van der Waals surface area (Å²) in [5.41, 5.74) is 2.42. The van der Waals surface area contributed by atoms with E-state index in [1.807, 2.05) is 60.8 Å². The minimum atomic E-state index is -0.198. The zero-order chi connectivity index (χ0) is 17.6. The Labute approximate surface area is 146 Å². The number of amides is 1. The minimum absolute atomic E-state index is 0.0139. The smallest absolute Gasteiger partial charge is 0.254 e. The lowest BCUT2D eigenvalue weighted by Gasteiger charge is -2.32. The lowest BCUT2D eigenvalue weighted by Crippen LogP contribution is -2.42. The van der Waals surface area contributed by atoms with Gasteiger partial charge in [-0.1, -0.05) is 0 Å². The molecule has 0 unspecified atom stereocenters. The van der Waals surface area contributed by atoms with Gasteiger partial charge in [0.05, 0.1) is 18.8 Å². The van der Waals surface area contributed by atoms with E-state index in [1.54, 1.807) is 0 Å². The van der Waals surface area contributed by atoms with Gasteiger partial charge in [0.25, 0.3) is 5.91 Å². The maximum Gasteiger partial charge on any atom is 0.254 e. The van der Waals surface area contributed by atoms with Crippen molar-refractivity contribution in [2.24, 2.45) is 7.05 Å². The van der Waals surface area contributed by atoms with Crippen LogP contribution in [0, 0.1) is 13.8 Å². The van der Waals surface area contributed by atoms with E-state index in [0.29, 0.717) is 25.3 Å². The van der Waals surface area contributed by atoms with Crippen molar-refractivity contribution in [2.45, 2.75) is 20.0 Å². The molecule has 1 saturated heterocycles. The number of aromatic nitrogens is 2. The average Bonchev–Trinajstić information content (AvgIpc) is 3.14. The number of furan rings is 1. The number of imidazole rings is 1. The van der Waals surface area contributed by atoms with E-state index in [2.05, 4.69) is 4.98 Å². The number of benzene rings is 1. The van der Waals surface area contributed by atoms with Crippen LogP contribution in [-0.2, 0) is 11.8 Å². The zero-order valence-electron chi connectivity index (χ0n) is 14.7. The lowest BCUT2D eigenvalue weighted by molar-refractivity contribution is -0.0279. The van der Waals surface area contributed by atoms with Crippen molar-refractivity contribution in [1.29, 1.82) is 0 Å². The van der Waals surface area contributed by atoms with Crippen LogP contribution in [0.4, 0.5) is 0 Å². The molecule has 130 valence electrons. The number of nitrogens with zero attached hydrogens (tertiary/aromatic N) is 3. The molecule has 1 aliphatic heterocycles. The summed E-state index contributed by atoms with van der Waals surface area (Å²) in [7, 11) is 1.95. The maximum atomic E-state index is 12.9. The summed E-state index contributed by atoms with van der Waals surface area (Å²) < 4.78 is 13.4. The van der Waals surface area contributed by atoms with Crippen molar-refractivity contribution < 1.29 is 13.9 Å². The second kappa shape index (κ2) is 6.04. The molecule has 25 heavy (non-hydrogen) atoms. The minimum Gasteiger partial charge on any atom is -0.461 e. The van der Waals surface area contributed by atoms with Gasteiger partial charge in [-0.15, -0.1) is 0 Å². The molecule has 1 aliphatic rings. The van der Waals surface area contributed by atoms with E-state index >= 15 is 0 Å². The molecule has 6 nitrogen and oxygen atoms in total. The van der Waals surface area contributed by atoms with Crippen LogP contribution in [0.3, 0.4) is 0 Å². The highest BCUT2D eigenvalue weighted by Crippen LogP contribution is 2.24. The number of morpholine rings is 1. The van der Waals surface area contributed by atoms with Crippen LogP contribution in [-0.4, -0.2) is 40.1 Å². The molecule has 0 bridgehead atoms. The van der Waals surface area contributed by atoms with E-state index in [4.69, 9.17) is 9.15 Å². The molecule has 1 fully saturated rings. The number of fused-ring (bicyclic) bond motifs is 1. The lowest BCUT2D eigenvalue weighted by atomic mass is 10.1. The first-order chi connectivity index (χ1) is 12.0. The van der Waals surface area contributed by atoms with E-state index < -0.39 is 0 Å². The number of hydrogen-bond acceptors (Lipinski definition) is 4. The topological polar surface area (TPSA) is 60.5 Å².